The fourth-order valence-electron chi connectivity index (χ4n) is 16.0. The van der Waals surface area contributed by atoms with Crippen molar-refractivity contribution in [2.75, 3.05) is 62.6 Å². The third-order valence-electron chi connectivity index (χ3n) is 22.1. The predicted molar refractivity (Wildman–Crippen MR) is 428 cm³/mol. The molecule has 9 fully saturated rings. The maximum absolute atomic E-state index is 13.2. The number of aromatic amines is 3. The van der Waals surface area contributed by atoms with Gasteiger partial charge in [0.05, 0.1) is 113 Å². The van der Waals surface area contributed by atoms with Crippen molar-refractivity contribution >= 4 is 137 Å². The fraction of sp³-hybridized carbons (Fsp3) is 0.476. The number of phosphoric ester groups is 6. The Hall–Kier alpha value is -9.71. The molecular weight excluding hydrogens is 1920 g/mol. The quantitative estimate of drug-likeness (QED) is 0.0699. The number of nitrogens with two attached hydrogens (primary N) is 4. The molecule has 21 rings (SSSR count). The Labute approximate surface area is 734 Å². The summed E-state index contributed by atoms with van der Waals surface area (Å²) in [6.07, 6.45) is -23.6. The van der Waals surface area contributed by atoms with E-state index in [1.165, 1.54) is 80.2 Å². The normalized spacial score (nSPS) is 38.1. The van der Waals surface area contributed by atoms with Gasteiger partial charge in [-0.25, -0.2) is 82.0 Å². The second-order valence-corrected chi connectivity index (χ2v) is 38.9. The largest absolute Gasteiger partial charge is 0.472 e. The van der Waals surface area contributed by atoms with Crippen LogP contribution in [0.15, 0.2) is 102 Å². The van der Waals surface area contributed by atoms with Gasteiger partial charge < -0.3 is 116 Å². The number of rotatable bonds is 6. The number of aliphatic hydroxyl groups is 6. The number of aliphatic hydroxyl groups excluding tert-OH is 6. The highest BCUT2D eigenvalue weighted by Crippen LogP contribution is 2.59. The summed E-state index contributed by atoms with van der Waals surface area (Å²) in [7, 11) is -30.4. The summed E-state index contributed by atoms with van der Waals surface area (Å²) in [5, 5.41) is 76.4. The van der Waals surface area contributed by atoms with Crippen LogP contribution in [0, 0.1) is 0 Å². The molecule has 23 N–H and O–H groups in total. The minimum absolute atomic E-state index is 0.0161. The van der Waals surface area contributed by atoms with Crippen LogP contribution in [0.5, 0.6) is 0 Å². The Bertz CT molecular complexity index is 6720. The number of nitrogen functional groups attached to an aromatic ring is 4. The molecule has 9 aliphatic rings. The number of H-pyrrole nitrogens is 3. The Kier molecular flexibility index (Phi) is 24.4. The third-order valence-corrected chi connectivity index (χ3v) is 28.1. The first kappa shape index (κ1) is 92.4. The zero-order chi connectivity index (χ0) is 93.8. The molecule has 714 valence electrons. The van der Waals surface area contributed by atoms with E-state index >= 15 is 0 Å². The molecule has 0 spiro atoms. The van der Waals surface area contributed by atoms with Crippen molar-refractivity contribution in [3.05, 3.63) is 118 Å². The van der Waals surface area contributed by atoms with E-state index < -0.39 is 250 Å². The van der Waals surface area contributed by atoms with Gasteiger partial charge in [0.2, 0.25) is 5.95 Å². The molecule has 30 atom stereocenters. The zero-order valence-corrected chi connectivity index (χ0v) is 72.0. The van der Waals surface area contributed by atoms with Crippen LogP contribution < -0.4 is 39.6 Å². The van der Waals surface area contributed by atoms with E-state index in [0.717, 1.165) is 34.4 Å². The lowest BCUT2D eigenvalue weighted by atomic mass is 10.1. The van der Waals surface area contributed by atoms with Crippen molar-refractivity contribution in [1.82, 2.24) is 103 Å². The van der Waals surface area contributed by atoms with Gasteiger partial charge in [-0.3, -0.25) is 96.5 Å². The summed E-state index contributed by atoms with van der Waals surface area (Å²) in [4.78, 5) is 146. The van der Waals surface area contributed by atoms with E-state index in [2.05, 4.69) is 75.1 Å². The lowest BCUT2D eigenvalue weighted by Crippen LogP contribution is -2.36. The molecular formula is C63H73N25O39P6. The van der Waals surface area contributed by atoms with E-state index in [4.69, 9.17) is 106 Å². The Morgan fingerprint density at radius 3 is 1.11 bits per heavy atom. The maximum atomic E-state index is 13.2. The molecule has 6 bridgehead atoms. The Morgan fingerprint density at radius 1 is 0.353 bits per heavy atom. The lowest BCUT2D eigenvalue weighted by molar-refractivity contribution is -0.0703. The molecule has 0 saturated carbocycles. The van der Waals surface area contributed by atoms with E-state index in [1.54, 1.807) is 0 Å². The van der Waals surface area contributed by atoms with Crippen molar-refractivity contribution in [2.45, 2.75) is 147 Å². The summed E-state index contributed by atoms with van der Waals surface area (Å²) >= 11 is 0. The van der Waals surface area contributed by atoms with Crippen LogP contribution in [-0.2, 0) is 110 Å². The Balaban J connectivity index is 0.000000129. The van der Waals surface area contributed by atoms with Gasteiger partial charge in [-0.05, 0) is 18.2 Å². The molecule has 21 heterocycles. The molecule has 12 aromatic heterocycles. The predicted octanol–water partition coefficient (Wildman–Crippen LogP) is -4.37. The van der Waals surface area contributed by atoms with Gasteiger partial charge in [-0.15, -0.1) is 0 Å². The van der Waals surface area contributed by atoms with Gasteiger partial charge in [-0.1, -0.05) is 0 Å². The molecule has 70 heteroatoms. The summed E-state index contributed by atoms with van der Waals surface area (Å²) in [6, 6.07) is 4.54. The van der Waals surface area contributed by atoms with Crippen LogP contribution in [0.25, 0.3) is 66.7 Å². The van der Waals surface area contributed by atoms with Crippen molar-refractivity contribution in [1.29, 1.82) is 0 Å². The summed E-state index contributed by atoms with van der Waals surface area (Å²) < 4.78 is 183. The van der Waals surface area contributed by atoms with Crippen LogP contribution in [0.2, 0.25) is 0 Å². The number of ether oxygens (including phenoxy) is 6. The number of anilines is 4. The highest BCUT2D eigenvalue weighted by molar-refractivity contribution is 7.48. The number of imidazole rings is 5. The van der Waals surface area contributed by atoms with Crippen molar-refractivity contribution in [3.63, 3.8) is 0 Å². The molecule has 9 saturated heterocycles. The number of pyridine rings is 3. The molecule has 12 aromatic rings. The SMILES string of the molecule is Nc1ccnc2c1ncn2[C@@H]1O[C@@H]2COP(=O)(O)O[C@@H]3[C@H](O)[C@@H](COP(=O)(O)O[C@H]2[C@H]1O)O[C@H]3n1cnc2c(=O)[nH]ncc21.Nc1ccnc2c1ncn2[C@@H]1O[C@@H]2COP(=O)(O)O[C@@H]3[C@H](O)[C@@H](COP(=O)(O)O[C@H]2[C@H]1O)O[C@H]3n1ncc2c(=O)[nH]cnc21.Nc1nc2c(ncn2[C@@H]2O[C@@H]3COP(=O)(O)O[C@H]4[C@@H](O)[C@H](n5cnc6c(N)ccnc65)O[C@@H]4COP(=O)(O)O[C@@H]2[C@@H]3O)c(=O)[nH]1. The molecule has 6 unspecified atom stereocenters. The zero-order valence-electron chi connectivity index (χ0n) is 66.6. The average Bonchev–Trinajstić information content (AvgIpc) is 1.62. The van der Waals surface area contributed by atoms with E-state index in [9.17, 15) is 102 Å². The summed E-state index contributed by atoms with van der Waals surface area (Å²) in [6.45, 7) is -4.82. The van der Waals surface area contributed by atoms with E-state index in [-0.39, 0.29) is 73.0 Å². The van der Waals surface area contributed by atoms with Gasteiger partial charge in [0.15, 0.2) is 76.6 Å². The molecule has 0 amide bonds. The number of phosphoric acid groups is 6. The smallest absolute Gasteiger partial charge is 0.397 e. The van der Waals surface area contributed by atoms with Crippen molar-refractivity contribution in [3.8, 4) is 0 Å². The van der Waals surface area contributed by atoms with Gasteiger partial charge >= 0.3 is 46.9 Å². The van der Waals surface area contributed by atoms with Crippen molar-refractivity contribution < 1.29 is 170 Å². The molecule has 0 aromatic carbocycles. The molecule has 133 heavy (non-hydrogen) atoms. The molecule has 0 radical (unpaired) electrons. The van der Waals surface area contributed by atoms with Crippen molar-refractivity contribution in [2.24, 2.45) is 0 Å². The molecule has 64 nitrogen and oxygen atoms in total. The number of nitrogens with zero attached hydrogens (tertiary/aromatic N) is 18. The summed E-state index contributed by atoms with van der Waals surface area (Å²) in [5.41, 5.74) is 23.7. The Morgan fingerprint density at radius 2 is 0.692 bits per heavy atom. The first-order valence-electron chi connectivity index (χ1n) is 38.9. The van der Waals surface area contributed by atoms with Crippen LogP contribution >= 0.6 is 46.9 Å². The highest BCUT2D eigenvalue weighted by atomic mass is 31.2. The topological polar surface area (TPSA) is 898 Å². The minimum atomic E-state index is -5.11. The number of nitrogens with one attached hydrogen (secondary N) is 3. The van der Waals surface area contributed by atoms with E-state index in [1.807, 2.05) is 0 Å². The van der Waals surface area contributed by atoms with Crippen LogP contribution in [-0.4, -0.2) is 312 Å². The number of aromatic nitrogens is 21. The number of hydrogen-bond donors (Lipinski definition) is 19. The monoisotopic (exact) mass is 1990 g/mol. The van der Waals surface area contributed by atoms with Gasteiger partial charge in [0.1, 0.15) is 132 Å². The van der Waals surface area contributed by atoms with E-state index in [0.29, 0.717) is 16.7 Å². The standard InChI is InChI=1S/C21H25N9O13P2.2C21H24N8O13P2/c22-7-1-2-24-16-10(7)25-5-29(16)19-13(32)14-9(41-19)4-39-45(36,37)43-15-12(31)8(3-38-44(34,35)42-14)40-20(15)30-6-26-11-17(30)27-21(23)28-18(11)33;22-9-1-2-23-18-12(9)26-7-28(18)20-14(31)15-11(40-20)5-38-44(35,36)42-16-13(30)10(4-37-43(33,34)41-15)39-21(16)29-17-8(3-27-29)19(32)25-6-24-17;22-8-1-2-23-18-12(8)24-7-29(18)20-15(31)16-11(40-20)5-38-44(35,36)42-17-14(30)10(4-37-43(33,34)41-16)39-21(17)28-6-25-13-9(28)3-26-27-19(13)32/h1-2,5-6,8-9,12-15,19-20,31-32H,3-4H2,(H2,22,24)(H,34,35)(H,36,37)(H3,23,27,28,33);1-3,6-7,10-11,13-16,20-21,30-31H,4-5H2,(H2,22,23)(H,33,34)(H,35,36)(H,24,25,32);1-3,6-7,10-11,14-17,20-21,30-31H,4-5H2,(H2,22,23)(H,27,32)(H,33,34)(H,35,36)/t8-,9-,12-,13-,14-,15-,19-,20-;10-,11-,13-,14-,15-,16-,20-,21-;10-,11-,14-,15-,16-,17-,20-,21-/m111/s1. The maximum Gasteiger partial charge on any atom is 0.472 e. The first-order valence-corrected chi connectivity index (χ1v) is 47.8. The van der Waals surface area contributed by atoms with Gasteiger partial charge in [0.25, 0.3) is 16.7 Å². The summed E-state index contributed by atoms with van der Waals surface area (Å²) in [5.74, 6) is -0.281. The minimum Gasteiger partial charge on any atom is -0.397 e. The lowest BCUT2D eigenvalue weighted by Gasteiger charge is -2.26. The van der Waals surface area contributed by atoms with Gasteiger partial charge in [-0.2, -0.15) is 15.2 Å². The average molecular weight is 1990 g/mol. The highest BCUT2D eigenvalue weighted by Gasteiger charge is 2.59. The second kappa shape index (κ2) is 35.1. The second-order valence-electron chi connectivity index (χ2n) is 30.4. The molecule has 0 aliphatic carbocycles. The van der Waals surface area contributed by atoms with Crippen LogP contribution in [0.3, 0.4) is 0 Å². The third kappa shape index (κ3) is 17.7. The van der Waals surface area contributed by atoms with Crippen LogP contribution in [0.4, 0.5) is 23.0 Å². The molecule has 9 aliphatic heterocycles. The number of hydrogen-bond acceptors (Lipinski definition) is 49. The number of fused-ring (bicyclic) bond motifs is 15. The fourth-order valence-corrected chi connectivity index (χ4v) is 21.7. The van der Waals surface area contributed by atoms with Crippen LogP contribution in [0.1, 0.15) is 37.4 Å². The first-order chi connectivity index (χ1) is 63.2. The van der Waals surface area contributed by atoms with Gasteiger partial charge in [0, 0.05) is 18.6 Å².